The molecule has 0 bridgehead atoms. The molecule has 1 heterocycles. The molecule has 0 saturated heterocycles. The summed E-state index contributed by atoms with van der Waals surface area (Å²) in [4.78, 5) is 0. The summed E-state index contributed by atoms with van der Waals surface area (Å²) < 4.78 is 0. The molecule has 94 valence electrons. The number of hydrogen-bond donors (Lipinski definition) is 1. The van der Waals surface area contributed by atoms with Gasteiger partial charge in [-0.05, 0) is 52.3 Å². The summed E-state index contributed by atoms with van der Waals surface area (Å²) >= 11 is 0. The molecular weight excluding hydrogens is 210 g/mol. The Morgan fingerprint density at radius 2 is 2.06 bits per heavy atom. The van der Waals surface area contributed by atoms with E-state index in [4.69, 9.17) is 0 Å². The van der Waals surface area contributed by atoms with E-state index in [0.29, 0.717) is 0 Å². The maximum Gasteiger partial charge on any atom is 0.0651 e. The molecule has 0 aliphatic carbocycles. The van der Waals surface area contributed by atoms with Gasteiger partial charge in [-0.3, -0.25) is 0 Å². The van der Waals surface area contributed by atoms with Gasteiger partial charge < -0.3 is 5.32 Å². The van der Waals surface area contributed by atoms with Crippen LogP contribution in [0.5, 0.6) is 0 Å². The molecule has 1 unspecified atom stereocenters. The van der Waals surface area contributed by atoms with Gasteiger partial charge >= 0.3 is 0 Å². The fourth-order valence-electron chi connectivity index (χ4n) is 1.78. The minimum atomic E-state index is 0.245. The zero-order valence-electron chi connectivity index (χ0n) is 11.5. The SMILES string of the molecule is CCCNC(C=C(C)C)c1cc(C)nnc1C. The second-order valence-electron chi connectivity index (χ2n) is 4.70. The van der Waals surface area contributed by atoms with Crippen LogP contribution in [0.15, 0.2) is 17.7 Å². The van der Waals surface area contributed by atoms with E-state index in [0.717, 1.165) is 24.4 Å². The molecule has 0 aromatic carbocycles. The molecule has 0 radical (unpaired) electrons. The smallest absolute Gasteiger partial charge is 0.0651 e. The topological polar surface area (TPSA) is 37.8 Å². The van der Waals surface area contributed by atoms with Crippen molar-refractivity contribution in [1.82, 2.24) is 15.5 Å². The van der Waals surface area contributed by atoms with Crippen molar-refractivity contribution >= 4 is 0 Å². The fourth-order valence-corrected chi connectivity index (χ4v) is 1.78. The largest absolute Gasteiger partial charge is 0.307 e. The highest BCUT2D eigenvalue weighted by Gasteiger charge is 2.12. The van der Waals surface area contributed by atoms with E-state index < -0.39 is 0 Å². The number of hydrogen-bond acceptors (Lipinski definition) is 3. The summed E-state index contributed by atoms with van der Waals surface area (Å²) in [5.41, 5.74) is 4.51. The minimum absolute atomic E-state index is 0.245. The van der Waals surface area contributed by atoms with Crippen molar-refractivity contribution in [3.8, 4) is 0 Å². The van der Waals surface area contributed by atoms with Gasteiger partial charge in [0.25, 0.3) is 0 Å². The normalized spacial score (nSPS) is 12.3. The molecule has 0 amide bonds. The van der Waals surface area contributed by atoms with Crippen LogP contribution < -0.4 is 5.32 Å². The molecule has 0 aliphatic heterocycles. The maximum atomic E-state index is 4.20. The Bertz CT molecular complexity index is 392. The summed E-state index contributed by atoms with van der Waals surface area (Å²) in [6.07, 6.45) is 3.38. The molecule has 1 aromatic heterocycles. The third-order valence-electron chi connectivity index (χ3n) is 2.59. The summed E-state index contributed by atoms with van der Waals surface area (Å²) in [6, 6.07) is 2.36. The van der Waals surface area contributed by atoms with E-state index in [1.54, 1.807) is 0 Å². The average Bonchev–Trinajstić information content (AvgIpc) is 2.27. The summed E-state index contributed by atoms with van der Waals surface area (Å²) in [7, 11) is 0. The lowest BCUT2D eigenvalue weighted by Crippen LogP contribution is -2.22. The molecular formula is C14H23N3. The van der Waals surface area contributed by atoms with E-state index in [2.05, 4.69) is 48.4 Å². The molecule has 3 heteroatoms. The van der Waals surface area contributed by atoms with Crippen LogP contribution in [-0.4, -0.2) is 16.7 Å². The highest BCUT2D eigenvalue weighted by molar-refractivity contribution is 5.28. The molecule has 0 spiro atoms. The van der Waals surface area contributed by atoms with E-state index in [-0.39, 0.29) is 6.04 Å². The van der Waals surface area contributed by atoms with Crippen LogP contribution in [0.3, 0.4) is 0 Å². The number of nitrogens with one attached hydrogen (secondary N) is 1. The van der Waals surface area contributed by atoms with Crippen molar-refractivity contribution in [3.05, 3.63) is 34.7 Å². The monoisotopic (exact) mass is 233 g/mol. The van der Waals surface area contributed by atoms with Gasteiger partial charge in [0, 0.05) is 0 Å². The second kappa shape index (κ2) is 6.50. The van der Waals surface area contributed by atoms with Gasteiger partial charge in [-0.25, -0.2) is 0 Å². The van der Waals surface area contributed by atoms with Crippen molar-refractivity contribution in [1.29, 1.82) is 0 Å². The standard InChI is InChI=1S/C14H23N3/c1-6-7-15-14(8-10(2)3)13-9-11(4)16-17-12(13)5/h8-9,14-15H,6-7H2,1-5H3. The van der Waals surface area contributed by atoms with Gasteiger partial charge in [0.15, 0.2) is 0 Å². The molecule has 3 nitrogen and oxygen atoms in total. The maximum absolute atomic E-state index is 4.20. The first kappa shape index (κ1) is 13.8. The fraction of sp³-hybridized carbons (Fsp3) is 0.571. The molecule has 1 aromatic rings. The van der Waals surface area contributed by atoms with Gasteiger partial charge in [-0.15, -0.1) is 0 Å². The lowest BCUT2D eigenvalue weighted by atomic mass is 10.0. The van der Waals surface area contributed by atoms with Gasteiger partial charge in [0.2, 0.25) is 0 Å². The van der Waals surface area contributed by atoms with Crippen LogP contribution in [-0.2, 0) is 0 Å². The Hall–Kier alpha value is -1.22. The molecule has 1 rings (SSSR count). The number of aryl methyl sites for hydroxylation is 2. The minimum Gasteiger partial charge on any atom is -0.307 e. The van der Waals surface area contributed by atoms with Crippen molar-refractivity contribution < 1.29 is 0 Å². The first-order valence-corrected chi connectivity index (χ1v) is 6.23. The van der Waals surface area contributed by atoms with Crippen LogP contribution in [0.2, 0.25) is 0 Å². The number of aromatic nitrogens is 2. The molecule has 0 aliphatic rings. The highest BCUT2D eigenvalue weighted by atomic mass is 15.1. The summed E-state index contributed by atoms with van der Waals surface area (Å²) in [6.45, 7) is 11.4. The molecule has 0 saturated carbocycles. The lowest BCUT2D eigenvalue weighted by molar-refractivity contribution is 0.602. The first-order chi connectivity index (χ1) is 8.04. The molecule has 0 fully saturated rings. The Kier molecular flexibility index (Phi) is 5.29. The molecule has 17 heavy (non-hydrogen) atoms. The first-order valence-electron chi connectivity index (χ1n) is 6.23. The number of nitrogens with zero attached hydrogens (tertiary/aromatic N) is 2. The second-order valence-corrected chi connectivity index (χ2v) is 4.70. The Morgan fingerprint density at radius 3 is 2.65 bits per heavy atom. The van der Waals surface area contributed by atoms with Crippen molar-refractivity contribution in [3.63, 3.8) is 0 Å². The number of allylic oxidation sites excluding steroid dienone is 1. The zero-order valence-corrected chi connectivity index (χ0v) is 11.5. The van der Waals surface area contributed by atoms with Crippen molar-refractivity contribution in [2.45, 2.75) is 47.1 Å². The lowest BCUT2D eigenvalue weighted by Gasteiger charge is -2.17. The van der Waals surface area contributed by atoms with Crippen LogP contribution in [0, 0.1) is 13.8 Å². The van der Waals surface area contributed by atoms with Gasteiger partial charge in [-0.1, -0.05) is 18.6 Å². The highest BCUT2D eigenvalue weighted by Crippen LogP contribution is 2.19. The Balaban J connectivity index is 3.03. The number of rotatable bonds is 5. The van der Waals surface area contributed by atoms with Gasteiger partial charge in [0.05, 0.1) is 17.4 Å². The molecule has 1 atom stereocenters. The van der Waals surface area contributed by atoms with E-state index in [1.807, 2.05) is 13.8 Å². The Labute approximate surface area is 104 Å². The van der Waals surface area contributed by atoms with E-state index in [9.17, 15) is 0 Å². The predicted octanol–water partition coefficient (Wildman–Crippen LogP) is 3.10. The van der Waals surface area contributed by atoms with E-state index >= 15 is 0 Å². The van der Waals surface area contributed by atoms with Crippen LogP contribution in [0.1, 0.15) is 50.2 Å². The van der Waals surface area contributed by atoms with Crippen molar-refractivity contribution in [2.24, 2.45) is 0 Å². The van der Waals surface area contributed by atoms with Crippen LogP contribution in [0.25, 0.3) is 0 Å². The zero-order chi connectivity index (χ0) is 12.8. The summed E-state index contributed by atoms with van der Waals surface area (Å²) in [5.74, 6) is 0. The van der Waals surface area contributed by atoms with Crippen LogP contribution >= 0.6 is 0 Å². The average molecular weight is 233 g/mol. The third kappa shape index (κ3) is 4.27. The van der Waals surface area contributed by atoms with Crippen LogP contribution in [0.4, 0.5) is 0 Å². The molecule has 1 N–H and O–H groups in total. The predicted molar refractivity (Wildman–Crippen MR) is 72.0 cm³/mol. The van der Waals surface area contributed by atoms with Gasteiger partial charge in [0.1, 0.15) is 0 Å². The van der Waals surface area contributed by atoms with E-state index in [1.165, 1.54) is 11.1 Å². The third-order valence-corrected chi connectivity index (χ3v) is 2.59. The Morgan fingerprint density at radius 1 is 1.35 bits per heavy atom. The summed E-state index contributed by atoms with van der Waals surface area (Å²) in [5, 5.41) is 11.8. The quantitative estimate of drug-likeness (QED) is 0.794. The van der Waals surface area contributed by atoms with Gasteiger partial charge in [-0.2, -0.15) is 10.2 Å². The van der Waals surface area contributed by atoms with Crippen molar-refractivity contribution in [2.75, 3.05) is 6.54 Å².